The number of fused-ring (bicyclic) bond motifs is 1. The summed E-state index contributed by atoms with van der Waals surface area (Å²) in [5.74, 6) is -0.399. The molecule has 0 fully saturated rings. The molecule has 0 saturated heterocycles. The lowest BCUT2D eigenvalue weighted by Crippen LogP contribution is -2.01. The number of pyridine rings is 1. The number of oxime groups is 1. The van der Waals surface area contributed by atoms with Gasteiger partial charge in [0, 0.05) is 21.7 Å². The maximum absolute atomic E-state index is 13.0. The van der Waals surface area contributed by atoms with Gasteiger partial charge in [-0.25, -0.2) is 14.2 Å². The Morgan fingerprint density at radius 1 is 1.06 bits per heavy atom. The van der Waals surface area contributed by atoms with E-state index in [0.29, 0.717) is 10.8 Å². The van der Waals surface area contributed by atoms with Crippen LogP contribution in [0.25, 0.3) is 10.9 Å². The zero-order chi connectivity index (χ0) is 21.6. The fourth-order valence-corrected chi connectivity index (χ4v) is 3.89. The first-order valence-corrected chi connectivity index (χ1v) is 10.7. The molecule has 0 aliphatic rings. The quantitative estimate of drug-likeness (QED) is 0.145. The van der Waals surface area contributed by atoms with Crippen molar-refractivity contribution in [2.45, 2.75) is 10.8 Å². The number of carbonyl (C=O) groups is 1. The van der Waals surface area contributed by atoms with Crippen LogP contribution < -0.4 is 0 Å². The monoisotopic (exact) mass is 450 g/mol. The van der Waals surface area contributed by atoms with Crippen LogP contribution in [0.4, 0.5) is 4.39 Å². The first-order valence-electron chi connectivity index (χ1n) is 9.36. The van der Waals surface area contributed by atoms with E-state index in [9.17, 15) is 9.18 Å². The SMILES string of the molecule is O=C(ON=Cc1cc2ccccc2nc1SCc1ccc(Cl)cc1)c1ccc(F)cc1. The van der Waals surface area contributed by atoms with Gasteiger partial charge in [-0.1, -0.05) is 47.1 Å². The normalized spacial score (nSPS) is 11.2. The van der Waals surface area contributed by atoms with Crippen molar-refractivity contribution in [1.82, 2.24) is 4.98 Å². The average Bonchev–Trinajstić information content (AvgIpc) is 2.79. The molecule has 3 aromatic carbocycles. The second-order valence-corrected chi connectivity index (χ2v) is 8.01. The van der Waals surface area contributed by atoms with E-state index in [0.717, 1.165) is 27.1 Å². The predicted octanol–water partition coefficient (Wildman–Crippen LogP) is 6.51. The number of hydrogen-bond acceptors (Lipinski definition) is 5. The highest BCUT2D eigenvalue weighted by atomic mass is 35.5. The molecule has 0 saturated carbocycles. The van der Waals surface area contributed by atoms with E-state index in [-0.39, 0.29) is 5.56 Å². The number of aromatic nitrogens is 1. The number of benzene rings is 3. The van der Waals surface area contributed by atoms with E-state index in [1.165, 1.54) is 30.5 Å². The topological polar surface area (TPSA) is 51.5 Å². The Balaban J connectivity index is 1.55. The molecule has 0 atom stereocenters. The zero-order valence-corrected chi connectivity index (χ0v) is 17.7. The molecular weight excluding hydrogens is 435 g/mol. The minimum atomic E-state index is -0.666. The minimum Gasteiger partial charge on any atom is -0.313 e. The van der Waals surface area contributed by atoms with Crippen molar-refractivity contribution in [3.05, 3.63) is 106 Å². The minimum absolute atomic E-state index is 0.215. The molecule has 31 heavy (non-hydrogen) atoms. The fraction of sp³-hybridized carbons (Fsp3) is 0.0417. The number of thioether (sulfide) groups is 1. The molecule has 4 rings (SSSR count). The third kappa shape index (κ3) is 5.48. The molecule has 7 heteroatoms. The lowest BCUT2D eigenvalue weighted by atomic mass is 10.2. The first-order chi connectivity index (χ1) is 15.1. The summed E-state index contributed by atoms with van der Waals surface area (Å²) in [4.78, 5) is 21.8. The average molecular weight is 451 g/mol. The summed E-state index contributed by atoms with van der Waals surface area (Å²) in [6, 6.07) is 22.4. The second-order valence-electron chi connectivity index (χ2n) is 6.61. The number of halogens is 2. The Labute approximate surface area is 187 Å². The summed E-state index contributed by atoms with van der Waals surface area (Å²) in [5.41, 5.74) is 2.91. The highest BCUT2D eigenvalue weighted by Crippen LogP contribution is 2.27. The van der Waals surface area contributed by atoms with Crippen LogP contribution in [-0.2, 0) is 10.6 Å². The van der Waals surface area contributed by atoms with Crippen molar-refractivity contribution >= 4 is 46.4 Å². The van der Waals surface area contributed by atoms with Crippen LogP contribution in [-0.4, -0.2) is 17.2 Å². The van der Waals surface area contributed by atoms with Crippen LogP contribution >= 0.6 is 23.4 Å². The summed E-state index contributed by atoms with van der Waals surface area (Å²) >= 11 is 7.51. The van der Waals surface area contributed by atoms with E-state index in [1.54, 1.807) is 11.8 Å². The number of carbonyl (C=O) groups excluding carboxylic acids is 1. The van der Waals surface area contributed by atoms with E-state index in [4.69, 9.17) is 21.4 Å². The number of para-hydroxylation sites is 1. The molecule has 0 aliphatic carbocycles. The van der Waals surface area contributed by atoms with Crippen LogP contribution in [0.15, 0.2) is 89.0 Å². The van der Waals surface area contributed by atoms with Gasteiger partial charge in [0.05, 0.1) is 17.3 Å². The molecule has 0 bridgehead atoms. The van der Waals surface area contributed by atoms with Crippen LogP contribution in [0.5, 0.6) is 0 Å². The number of hydrogen-bond donors (Lipinski definition) is 0. The summed E-state index contributed by atoms with van der Waals surface area (Å²) < 4.78 is 13.0. The van der Waals surface area contributed by atoms with Crippen molar-refractivity contribution in [3.63, 3.8) is 0 Å². The molecule has 0 unspecified atom stereocenters. The smallest absolute Gasteiger partial charge is 0.313 e. The predicted molar refractivity (Wildman–Crippen MR) is 122 cm³/mol. The van der Waals surface area contributed by atoms with Gasteiger partial charge in [0.2, 0.25) is 0 Å². The number of nitrogens with zero attached hydrogens (tertiary/aromatic N) is 2. The van der Waals surface area contributed by atoms with Crippen molar-refractivity contribution in [2.24, 2.45) is 5.16 Å². The molecule has 4 aromatic rings. The van der Waals surface area contributed by atoms with E-state index in [1.807, 2.05) is 54.6 Å². The summed E-state index contributed by atoms with van der Waals surface area (Å²) in [5, 5.41) is 6.23. The van der Waals surface area contributed by atoms with E-state index in [2.05, 4.69) is 5.16 Å². The molecular formula is C24H16ClFN2O2S. The van der Waals surface area contributed by atoms with E-state index < -0.39 is 11.8 Å². The van der Waals surface area contributed by atoms with Crippen molar-refractivity contribution in [1.29, 1.82) is 0 Å². The van der Waals surface area contributed by atoms with Crippen molar-refractivity contribution < 1.29 is 14.0 Å². The van der Waals surface area contributed by atoms with Gasteiger partial charge in [0.25, 0.3) is 0 Å². The van der Waals surface area contributed by atoms with Gasteiger partial charge in [-0.2, -0.15) is 0 Å². The maximum atomic E-state index is 13.0. The van der Waals surface area contributed by atoms with E-state index >= 15 is 0 Å². The Kier molecular flexibility index (Phi) is 6.60. The number of rotatable bonds is 6. The molecule has 0 aliphatic heterocycles. The molecule has 0 spiro atoms. The molecule has 4 nitrogen and oxygen atoms in total. The summed E-state index contributed by atoms with van der Waals surface area (Å²) in [6.07, 6.45) is 1.46. The third-order valence-electron chi connectivity index (χ3n) is 4.41. The lowest BCUT2D eigenvalue weighted by Gasteiger charge is -2.07. The maximum Gasteiger partial charge on any atom is 0.365 e. The van der Waals surface area contributed by atoms with Crippen LogP contribution in [0.1, 0.15) is 21.5 Å². The molecule has 0 radical (unpaired) electrons. The first kappa shape index (κ1) is 21.0. The van der Waals surface area contributed by atoms with Gasteiger partial charge in [-0.3, -0.25) is 0 Å². The van der Waals surface area contributed by atoms with Gasteiger partial charge in [0.15, 0.2) is 0 Å². The Morgan fingerprint density at radius 3 is 2.58 bits per heavy atom. The highest BCUT2D eigenvalue weighted by Gasteiger charge is 2.09. The summed E-state index contributed by atoms with van der Waals surface area (Å²) in [6.45, 7) is 0. The standard InChI is InChI=1S/C24H16ClFN2O2S/c25-20-9-5-16(6-10-20)15-31-23-19(13-18-3-1-2-4-22(18)28-23)14-27-30-24(29)17-7-11-21(26)12-8-17/h1-14H,15H2. The largest absolute Gasteiger partial charge is 0.365 e. The van der Waals surface area contributed by atoms with Gasteiger partial charge in [-0.05, 0) is 54.1 Å². The Morgan fingerprint density at radius 2 is 1.81 bits per heavy atom. The second kappa shape index (κ2) is 9.73. The van der Waals surface area contributed by atoms with Gasteiger partial charge >= 0.3 is 5.97 Å². The third-order valence-corrected chi connectivity index (χ3v) is 5.74. The van der Waals surface area contributed by atoms with Crippen LogP contribution in [0.3, 0.4) is 0 Å². The fourth-order valence-electron chi connectivity index (χ4n) is 2.82. The zero-order valence-electron chi connectivity index (χ0n) is 16.2. The molecule has 0 amide bonds. The van der Waals surface area contributed by atoms with Crippen molar-refractivity contribution in [2.75, 3.05) is 0 Å². The Hall–Kier alpha value is -3.22. The summed E-state index contributed by atoms with van der Waals surface area (Å²) in [7, 11) is 0. The van der Waals surface area contributed by atoms with Crippen molar-refractivity contribution in [3.8, 4) is 0 Å². The van der Waals surface area contributed by atoms with Gasteiger partial charge in [0.1, 0.15) is 10.8 Å². The highest BCUT2D eigenvalue weighted by molar-refractivity contribution is 7.98. The van der Waals surface area contributed by atoms with Gasteiger partial charge < -0.3 is 4.84 Å². The van der Waals surface area contributed by atoms with Gasteiger partial charge in [-0.15, -0.1) is 11.8 Å². The molecule has 1 heterocycles. The van der Waals surface area contributed by atoms with Crippen LogP contribution in [0, 0.1) is 5.82 Å². The molecule has 1 aromatic heterocycles. The lowest BCUT2D eigenvalue weighted by molar-refractivity contribution is 0.0519. The molecule has 0 N–H and O–H groups in total. The molecule has 154 valence electrons. The Bertz CT molecular complexity index is 1240. The van der Waals surface area contributed by atoms with Crippen LogP contribution in [0.2, 0.25) is 5.02 Å².